The number of alkyl halides is 3. The lowest BCUT2D eigenvalue weighted by Crippen LogP contribution is -2.43. The molecule has 0 atom stereocenters. The van der Waals surface area contributed by atoms with Crippen LogP contribution in [0.4, 0.5) is 35.2 Å². The number of aromatic nitrogens is 2. The van der Waals surface area contributed by atoms with Crippen LogP contribution in [0.25, 0.3) is 0 Å². The molecule has 11 nitrogen and oxygen atoms in total. The van der Waals surface area contributed by atoms with E-state index in [9.17, 15) is 27.6 Å². The monoisotopic (exact) mass is 603 g/mol. The number of aliphatic carboxylic acids is 1. The molecule has 0 spiro atoms. The Balaban J connectivity index is 1.38. The fraction of sp³-hybridized carbons (Fsp3) is 0.414. The number of nitrogens with zero attached hydrogens (tertiary/aromatic N) is 3. The topological polar surface area (TPSA) is 141 Å². The zero-order chi connectivity index (χ0) is 31.1. The summed E-state index contributed by atoms with van der Waals surface area (Å²) < 4.78 is 47.7. The zero-order valence-electron chi connectivity index (χ0n) is 23.8. The van der Waals surface area contributed by atoms with Crippen LogP contribution in [0, 0.1) is 5.92 Å². The van der Waals surface area contributed by atoms with E-state index < -0.39 is 29.6 Å². The third-order valence-electron chi connectivity index (χ3n) is 7.05. The van der Waals surface area contributed by atoms with Gasteiger partial charge in [-0.1, -0.05) is 24.3 Å². The van der Waals surface area contributed by atoms with Gasteiger partial charge in [0.05, 0.1) is 18.4 Å². The molecule has 1 aliphatic carbocycles. The van der Waals surface area contributed by atoms with Crippen molar-refractivity contribution < 1.29 is 41.9 Å². The number of hydrogen-bond donors (Lipinski definition) is 4. The normalized spacial score (nSPS) is 17.0. The highest BCUT2D eigenvalue weighted by atomic mass is 19.4. The van der Waals surface area contributed by atoms with Crippen LogP contribution in [0.1, 0.15) is 48.4 Å². The fourth-order valence-electron chi connectivity index (χ4n) is 5.22. The SMILES string of the molecule is CN(C)CC1CCC([n+]2cc(NC(=O)Nc3cc(NC(=O)Cc4cccc(CC(=O)O)c4)cc(C(F)(F)F)c3)on2)CC1. The van der Waals surface area contributed by atoms with Crippen LogP contribution >= 0.6 is 0 Å². The Labute approximate surface area is 246 Å². The maximum absolute atomic E-state index is 13.6. The molecule has 4 rings (SSSR count). The van der Waals surface area contributed by atoms with Crippen LogP contribution in [0.2, 0.25) is 0 Å². The molecular formula is C29H34F3N6O5+. The van der Waals surface area contributed by atoms with E-state index in [1.165, 1.54) is 6.07 Å². The van der Waals surface area contributed by atoms with Crippen molar-refractivity contribution in [3.8, 4) is 0 Å². The van der Waals surface area contributed by atoms with Crippen molar-refractivity contribution in [2.75, 3.05) is 36.6 Å². The molecule has 0 aliphatic heterocycles. The lowest BCUT2D eigenvalue weighted by atomic mass is 9.86. The van der Waals surface area contributed by atoms with Crippen molar-refractivity contribution in [2.24, 2.45) is 5.92 Å². The molecule has 1 aromatic heterocycles. The Kier molecular flexibility index (Phi) is 10.0. The van der Waals surface area contributed by atoms with Gasteiger partial charge in [0, 0.05) is 30.8 Å². The van der Waals surface area contributed by atoms with Crippen molar-refractivity contribution in [3.05, 3.63) is 65.4 Å². The molecule has 1 saturated carbocycles. The maximum atomic E-state index is 13.6. The minimum absolute atomic E-state index is 0.0264. The molecule has 0 unspecified atom stereocenters. The number of anilines is 3. The Bertz CT molecular complexity index is 1450. The molecule has 1 heterocycles. The first-order valence-corrected chi connectivity index (χ1v) is 13.8. The minimum Gasteiger partial charge on any atom is -0.481 e. The molecule has 0 saturated heterocycles. The summed E-state index contributed by atoms with van der Waals surface area (Å²) in [7, 11) is 4.09. The van der Waals surface area contributed by atoms with E-state index in [0.717, 1.165) is 44.4 Å². The van der Waals surface area contributed by atoms with Crippen LogP contribution in [0.5, 0.6) is 0 Å². The van der Waals surface area contributed by atoms with E-state index in [2.05, 4.69) is 26.1 Å². The average molecular weight is 604 g/mol. The largest absolute Gasteiger partial charge is 0.481 e. The number of carboxylic acids is 1. The van der Waals surface area contributed by atoms with Crippen molar-refractivity contribution in [1.82, 2.24) is 10.2 Å². The Hall–Kier alpha value is -4.46. The Morgan fingerprint density at radius 1 is 0.977 bits per heavy atom. The number of nitrogens with one attached hydrogen (secondary N) is 3. The van der Waals surface area contributed by atoms with Crippen LogP contribution in [0.3, 0.4) is 0 Å². The van der Waals surface area contributed by atoms with Crippen LogP contribution in [-0.2, 0) is 28.6 Å². The van der Waals surface area contributed by atoms with Gasteiger partial charge in [-0.3, -0.25) is 19.4 Å². The summed E-state index contributed by atoms with van der Waals surface area (Å²) in [5.74, 6) is -1.02. The van der Waals surface area contributed by atoms with Gasteiger partial charge in [-0.25, -0.2) is 4.79 Å². The van der Waals surface area contributed by atoms with E-state index in [4.69, 9.17) is 9.63 Å². The van der Waals surface area contributed by atoms with Gasteiger partial charge < -0.3 is 20.6 Å². The summed E-state index contributed by atoms with van der Waals surface area (Å²) in [4.78, 5) is 38.4. The van der Waals surface area contributed by atoms with Gasteiger partial charge in [-0.15, -0.1) is 0 Å². The summed E-state index contributed by atoms with van der Waals surface area (Å²) in [6, 6.07) is 8.31. The summed E-state index contributed by atoms with van der Waals surface area (Å²) in [6.45, 7) is 1.02. The van der Waals surface area contributed by atoms with Crippen LogP contribution in [0.15, 0.2) is 53.2 Å². The first kappa shape index (κ1) is 31.5. The number of halogens is 3. The van der Waals surface area contributed by atoms with E-state index in [0.29, 0.717) is 17.0 Å². The summed E-state index contributed by atoms with van der Waals surface area (Å²) in [5.41, 5.74) is -0.491. The molecule has 14 heteroatoms. The summed E-state index contributed by atoms with van der Waals surface area (Å²) in [5, 5.41) is 20.2. The van der Waals surface area contributed by atoms with E-state index in [1.54, 1.807) is 35.1 Å². The van der Waals surface area contributed by atoms with Crippen molar-refractivity contribution in [1.29, 1.82) is 0 Å². The molecule has 230 valence electrons. The number of carbonyl (C=O) groups excluding carboxylic acids is 2. The van der Waals surface area contributed by atoms with Gasteiger partial charge in [0.2, 0.25) is 11.2 Å². The first-order chi connectivity index (χ1) is 20.3. The third-order valence-corrected chi connectivity index (χ3v) is 7.05. The molecule has 3 amide bonds. The second-order valence-electron chi connectivity index (χ2n) is 11.0. The fourth-order valence-corrected chi connectivity index (χ4v) is 5.22. The van der Waals surface area contributed by atoms with Crippen molar-refractivity contribution >= 4 is 35.2 Å². The number of urea groups is 1. The molecule has 4 N–H and O–H groups in total. The first-order valence-electron chi connectivity index (χ1n) is 13.8. The molecule has 2 aromatic carbocycles. The van der Waals surface area contributed by atoms with Crippen molar-refractivity contribution in [3.63, 3.8) is 0 Å². The highest BCUT2D eigenvalue weighted by Gasteiger charge is 2.32. The Morgan fingerprint density at radius 3 is 2.26 bits per heavy atom. The van der Waals surface area contributed by atoms with Gasteiger partial charge in [-0.2, -0.15) is 13.2 Å². The number of amides is 3. The molecule has 43 heavy (non-hydrogen) atoms. The molecule has 0 bridgehead atoms. The highest BCUT2D eigenvalue weighted by Crippen LogP contribution is 2.34. The number of hydrogen-bond acceptors (Lipinski definition) is 6. The average Bonchev–Trinajstić information content (AvgIpc) is 3.36. The van der Waals surface area contributed by atoms with Gasteiger partial charge in [-0.05, 0) is 66.9 Å². The van der Waals surface area contributed by atoms with Crippen LogP contribution < -0.4 is 20.6 Å². The number of carboxylic acid groups (broad SMARTS) is 1. The van der Waals surface area contributed by atoms with Crippen molar-refractivity contribution in [2.45, 2.75) is 50.7 Å². The number of rotatable bonds is 10. The standard InChI is InChI=1S/C29H33F3N6O5/c1-37(2)16-18-6-8-24(9-7-18)38-17-26(43-36-38)35-28(42)34-23-14-21(29(30,31)32)13-22(15-23)33-25(39)11-19-4-3-5-20(10-19)12-27(40)41/h3-5,10,13-15,17-18,24H,6-9,11-12,16H2,1-2H3,(H3-,33,34,35,36,39,40,41,42)/p+1. The van der Waals surface area contributed by atoms with Gasteiger partial charge in [0.1, 0.15) is 0 Å². The second-order valence-corrected chi connectivity index (χ2v) is 11.0. The molecular weight excluding hydrogens is 569 g/mol. The van der Waals surface area contributed by atoms with Gasteiger partial charge >= 0.3 is 24.1 Å². The summed E-state index contributed by atoms with van der Waals surface area (Å²) >= 11 is 0. The van der Waals surface area contributed by atoms with E-state index >= 15 is 0 Å². The Morgan fingerprint density at radius 2 is 1.63 bits per heavy atom. The van der Waals surface area contributed by atoms with E-state index in [1.807, 2.05) is 14.1 Å². The third kappa shape index (κ3) is 9.53. The predicted octanol–water partition coefficient (Wildman–Crippen LogP) is 4.73. The van der Waals surface area contributed by atoms with Gasteiger partial charge in [0.25, 0.3) is 6.20 Å². The van der Waals surface area contributed by atoms with Crippen LogP contribution in [-0.4, -0.2) is 53.8 Å². The predicted molar refractivity (Wildman–Crippen MR) is 150 cm³/mol. The molecule has 0 radical (unpaired) electrons. The zero-order valence-corrected chi connectivity index (χ0v) is 23.8. The molecule has 1 aliphatic rings. The number of benzene rings is 2. The smallest absolute Gasteiger partial charge is 0.416 e. The maximum Gasteiger partial charge on any atom is 0.416 e. The second kappa shape index (κ2) is 13.7. The molecule has 3 aromatic rings. The number of carbonyl (C=O) groups is 3. The molecule has 1 fully saturated rings. The lowest BCUT2D eigenvalue weighted by molar-refractivity contribution is -0.787. The van der Waals surface area contributed by atoms with Gasteiger partial charge in [0.15, 0.2) is 6.04 Å². The lowest BCUT2D eigenvalue weighted by Gasteiger charge is -2.26. The van der Waals surface area contributed by atoms with E-state index in [-0.39, 0.29) is 36.1 Å². The quantitative estimate of drug-likeness (QED) is 0.246. The highest BCUT2D eigenvalue weighted by molar-refractivity contribution is 6.00. The minimum atomic E-state index is -4.75. The summed E-state index contributed by atoms with van der Waals surface area (Å²) in [6.07, 6.45) is 0.263.